The molecule has 1 aromatic carbocycles. The van der Waals surface area contributed by atoms with Crippen LogP contribution in [0.1, 0.15) is 31.9 Å². The molecule has 1 rings (SSSR count). The van der Waals surface area contributed by atoms with E-state index in [4.69, 9.17) is 9.47 Å². The van der Waals surface area contributed by atoms with Crippen LogP contribution in [0.5, 0.6) is 0 Å². The van der Waals surface area contributed by atoms with E-state index in [0.29, 0.717) is 11.8 Å². The molecule has 1 atom stereocenters. The molecule has 1 N–H and O–H groups in total. The number of nitrogens with one attached hydrogen (secondary N) is 1. The Hall–Kier alpha value is -2.57. The minimum Gasteiger partial charge on any atom is -0.449 e. The van der Waals surface area contributed by atoms with Gasteiger partial charge in [-0.15, -0.1) is 0 Å². The number of aryl methyl sites for hydroxylation is 1. The number of nitrogens with zero attached hydrogens (tertiary/aromatic N) is 1. The van der Waals surface area contributed by atoms with Crippen molar-refractivity contribution in [2.75, 3.05) is 13.2 Å². The zero-order valence-corrected chi connectivity index (χ0v) is 13.8. The lowest BCUT2D eigenvalue weighted by molar-refractivity contribution is -0.119. The number of rotatable bonds is 5. The molecule has 126 valence electrons. The lowest BCUT2D eigenvalue weighted by Crippen LogP contribution is -2.58. The first-order valence-corrected chi connectivity index (χ1v) is 7.33. The lowest BCUT2D eigenvalue weighted by atomic mass is 9.89. The average molecular weight is 322 g/mol. The molecular formula is C16H22N2O5. The van der Waals surface area contributed by atoms with Gasteiger partial charge in [0.15, 0.2) is 6.29 Å². The molecule has 2 amide bonds. The van der Waals surface area contributed by atoms with Gasteiger partial charge >= 0.3 is 12.2 Å². The molecule has 7 nitrogen and oxygen atoms in total. The fraction of sp³-hybridized carbons (Fsp3) is 0.438. The zero-order chi connectivity index (χ0) is 17.5. The van der Waals surface area contributed by atoms with Crippen LogP contribution in [0.4, 0.5) is 9.59 Å². The summed E-state index contributed by atoms with van der Waals surface area (Å²) in [5.74, 6) is 0. The van der Waals surface area contributed by atoms with Gasteiger partial charge in [-0.25, -0.2) is 15.0 Å². The Morgan fingerprint density at radius 3 is 2.35 bits per heavy atom. The normalized spacial score (nSPS) is 12.7. The highest BCUT2D eigenvalue weighted by Gasteiger charge is 2.40. The molecule has 0 radical (unpaired) electrons. The fourth-order valence-electron chi connectivity index (χ4n) is 2.17. The minimum absolute atomic E-state index is 0.0997. The molecule has 0 aliphatic rings. The second-order valence-electron chi connectivity index (χ2n) is 4.95. The Labute approximate surface area is 135 Å². The van der Waals surface area contributed by atoms with Crippen molar-refractivity contribution in [2.45, 2.75) is 33.2 Å². The van der Waals surface area contributed by atoms with Crippen LogP contribution in [-0.4, -0.2) is 36.7 Å². The Kier molecular flexibility index (Phi) is 6.56. The topological polar surface area (TPSA) is 84.9 Å². The van der Waals surface area contributed by atoms with Gasteiger partial charge in [-0.3, -0.25) is 0 Å². The second kappa shape index (κ2) is 8.17. The molecule has 0 bridgehead atoms. The maximum atomic E-state index is 12.2. The molecular weight excluding hydrogens is 300 g/mol. The van der Waals surface area contributed by atoms with Crippen molar-refractivity contribution in [1.29, 1.82) is 0 Å². The van der Waals surface area contributed by atoms with Crippen LogP contribution in [0.2, 0.25) is 0 Å². The van der Waals surface area contributed by atoms with Crippen molar-refractivity contribution in [3.05, 3.63) is 35.4 Å². The first-order valence-electron chi connectivity index (χ1n) is 7.33. The van der Waals surface area contributed by atoms with Gasteiger partial charge in [0, 0.05) is 0 Å². The third-order valence-corrected chi connectivity index (χ3v) is 3.31. The first-order chi connectivity index (χ1) is 10.9. The van der Waals surface area contributed by atoms with Gasteiger partial charge in [0.1, 0.15) is 5.54 Å². The summed E-state index contributed by atoms with van der Waals surface area (Å²) in [7, 11) is 0. The van der Waals surface area contributed by atoms with E-state index in [-0.39, 0.29) is 13.2 Å². The first kappa shape index (κ1) is 18.5. The average Bonchev–Trinajstić information content (AvgIpc) is 2.53. The molecule has 0 fully saturated rings. The number of carbonyl (C=O) groups excluding carboxylic acids is 3. The Bertz CT molecular complexity index is 575. The van der Waals surface area contributed by atoms with Crippen LogP contribution in [0.3, 0.4) is 0 Å². The summed E-state index contributed by atoms with van der Waals surface area (Å²) in [5.41, 5.74) is 2.21. The van der Waals surface area contributed by atoms with E-state index in [9.17, 15) is 14.4 Å². The van der Waals surface area contributed by atoms with E-state index in [1.54, 1.807) is 26.0 Å². The summed E-state index contributed by atoms with van der Waals surface area (Å²) in [6.45, 7) is 6.82. The van der Waals surface area contributed by atoms with Crippen LogP contribution in [0.15, 0.2) is 24.3 Å². The third-order valence-electron chi connectivity index (χ3n) is 3.31. The quantitative estimate of drug-likeness (QED) is 0.665. The number of hydrazine groups is 1. The highest BCUT2D eigenvalue weighted by atomic mass is 16.6. The van der Waals surface area contributed by atoms with Crippen molar-refractivity contribution in [2.24, 2.45) is 0 Å². The standard InChI is InChI=1S/C16H22N2O5/c1-5-22-14(20)17-18(15(21)23-6-2)16(4,11-19)13-10-8-7-9-12(13)3/h7-11H,5-6H2,1-4H3,(H,17,20)/t16-/m1/s1. The van der Waals surface area contributed by atoms with Gasteiger partial charge in [-0.05, 0) is 38.8 Å². The number of ether oxygens (including phenoxy) is 2. The Balaban J connectivity index is 3.29. The van der Waals surface area contributed by atoms with Crippen molar-refractivity contribution < 1.29 is 23.9 Å². The SMILES string of the molecule is CCOC(=O)NN(C(=O)OCC)[C@](C)(C=O)c1ccccc1C. The predicted molar refractivity (Wildman–Crippen MR) is 83.6 cm³/mol. The summed E-state index contributed by atoms with van der Waals surface area (Å²) in [6, 6.07) is 7.09. The van der Waals surface area contributed by atoms with Crippen LogP contribution < -0.4 is 5.43 Å². The maximum Gasteiger partial charge on any atom is 0.430 e. The number of carbonyl (C=O) groups is 3. The van der Waals surface area contributed by atoms with E-state index < -0.39 is 17.7 Å². The molecule has 0 saturated heterocycles. The predicted octanol–water partition coefficient (Wildman–Crippen LogP) is 2.53. The van der Waals surface area contributed by atoms with Crippen LogP contribution in [0.25, 0.3) is 0 Å². The van der Waals surface area contributed by atoms with Crippen LogP contribution >= 0.6 is 0 Å². The molecule has 0 saturated carbocycles. The van der Waals surface area contributed by atoms with E-state index in [1.165, 1.54) is 6.92 Å². The number of benzene rings is 1. The molecule has 1 aromatic rings. The van der Waals surface area contributed by atoms with E-state index >= 15 is 0 Å². The molecule has 23 heavy (non-hydrogen) atoms. The van der Waals surface area contributed by atoms with Gasteiger partial charge in [-0.1, -0.05) is 24.3 Å². The molecule has 0 unspecified atom stereocenters. The molecule has 0 heterocycles. The number of aldehydes is 1. The molecule has 0 spiro atoms. The maximum absolute atomic E-state index is 12.2. The monoisotopic (exact) mass is 322 g/mol. The third kappa shape index (κ3) is 4.21. The highest BCUT2D eigenvalue weighted by molar-refractivity contribution is 5.81. The summed E-state index contributed by atoms with van der Waals surface area (Å²) in [6.07, 6.45) is -1.11. The summed E-state index contributed by atoms with van der Waals surface area (Å²) >= 11 is 0. The number of hydrogen-bond acceptors (Lipinski definition) is 5. The number of amides is 2. The largest absolute Gasteiger partial charge is 0.449 e. The Morgan fingerprint density at radius 1 is 1.22 bits per heavy atom. The number of hydrogen-bond donors (Lipinski definition) is 1. The summed E-state index contributed by atoms with van der Waals surface area (Å²) in [4.78, 5) is 35.8. The zero-order valence-electron chi connectivity index (χ0n) is 13.8. The van der Waals surface area contributed by atoms with Crippen LogP contribution in [0, 0.1) is 6.92 Å². The summed E-state index contributed by atoms with van der Waals surface area (Å²) < 4.78 is 9.74. The van der Waals surface area contributed by atoms with Crippen LogP contribution in [-0.2, 0) is 19.8 Å². The minimum atomic E-state index is -1.44. The van der Waals surface area contributed by atoms with Gasteiger partial charge in [-0.2, -0.15) is 5.01 Å². The molecule has 0 aliphatic carbocycles. The van der Waals surface area contributed by atoms with Crippen molar-refractivity contribution >= 4 is 18.5 Å². The summed E-state index contributed by atoms with van der Waals surface area (Å²) in [5, 5.41) is 0.851. The van der Waals surface area contributed by atoms with E-state index in [2.05, 4.69) is 5.43 Å². The molecule has 7 heteroatoms. The Morgan fingerprint density at radius 2 is 1.83 bits per heavy atom. The van der Waals surface area contributed by atoms with E-state index in [1.807, 2.05) is 19.1 Å². The fourth-order valence-corrected chi connectivity index (χ4v) is 2.17. The van der Waals surface area contributed by atoms with Crippen molar-refractivity contribution in [1.82, 2.24) is 10.4 Å². The van der Waals surface area contributed by atoms with Gasteiger partial charge in [0.05, 0.1) is 13.2 Å². The molecule has 0 aromatic heterocycles. The van der Waals surface area contributed by atoms with Crippen molar-refractivity contribution in [3.8, 4) is 0 Å². The van der Waals surface area contributed by atoms with Gasteiger partial charge < -0.3 is 14.3 Å². The smallest absolute Gasteiger partial charge is 0.430 e. The van der Waals surface area contributed by atoms with Gasteiger partial charge in [0.25, 0.3) is 0 Å². The second-order valence-corrected chi connectivity index (χ2v) is 4.95. The van der Waals surface area contributed by atoms with Crippen molar-refractivity contribution in [3.63, 3.8) is 0 Å². The lowest BCUT2D eigenvalue weighted by Gasteiger charge is -2.36. The highest BCUT2D eigenvalue weighted by Crippen LogP contribution is 2.28. The molecule has 0 aliphatic heterocycles. The van der Waals surface area contributed by atoms with Gasteiger partial charge in [0.2, 0.25) is 0 Å². The van der Waals surface area contributed by atoms with E-state index in [0.717, 1.165) is 10.6 Å².